The molecule has 0 saturated heterocycles. The lowest BCUT2D eigenvalue weighted by atomic mass is 10.1. The molecule has 1 amide bonds. The largest absolute Gasteiger partial charge is 0.353 e. The maximum atomic E-state index is 11.6. The number of imidazole rings is 1. The minimum Gasteiger partial charge on any atom is -0.353 e. The summed E-state index contributed by atoms with van der Waals surface area (Å²) in [6.07, 6.45) is 8.64. The molecule has 0 aliphatic heterocycles. The molecule has 0 bridgehead atoms. The maximum Gasteiger partial charge on any atom is 0.243 e. The average Bonchev–Trinajstić information content (AvgIpc) is 2.96. The molecular formula is C16H19N3O. The molecule has 20 heavy (non-hydrogen) atoms. The van der Waals surface area contributed by atoms with Crippen LogP contribution in [-0.4, -0.2) is 22.4 Å². The first kappa shape index (κ1) is 14.1. The lowest BCUT2D eigenvalue weighted by molar-refractivity contribution is -0.116. The molecule has 0 aliphatic carbocycles. The number of nitrogens with one attached hydrogen (secondary N) is 2. The van der Waals surface area contributed by atoms with Gasteiger partial charge in [0.05, 0.1) is 0 Å². The van der Waals surface area contributed by atoms with E-state index in [-0.39, 0.29) is 5.91 Å². The number of aromatic amines is 1. The Morgan fingerprint density at radius 2 is 2.15 bits per heavy atom. The molecule has 104 valence electrons. The van der Waals surface area contributed by atoms with Crippen molar-refractivity contribution in [2.45, 2.75) is 19.8 Å². The first-order valence-corrected chi connectivity index (χ1v) is 6.75. The van der Waals surface area contributed by atoms with Crippen LogP contribution in [0, 0.1) is 6.92 Å². The number of hydrogen-bond acceptors (Lipinski definition) is 2. The summed E-state index contributed by atoms with van der Waals surface area (Å²) < 4.78 is 0. The van der Waals surface area contributed by atoms with E-state index in [0.29, 0.717) is 6.54 Å². The molecule has 0 unspecified atom stereocenters. The number of H-pyrrole nitrogens is 1. The normalized spacial score (nSPS) is 10.8. The summed E-state index contributed by atoms with van der Waals surface area (Å²) in [5.74, 6) is 0.888. The van der Waals surface area contributed by atoms with E-state index in [1.807, 2.05) is 37.3 Å². The molecule has 2 aromatic rings. The van der Waals surface area contributed by atoms with E-state index in [1.165, 1.54) is 5.56 Å². The third-order valence-corrected chi connectivity index (χ3v) is 2.95. The molecule has 1 aromatic carbocycles. The molecule has 0 aliphatic rings. The number of carbonyl (C=O) groups is 1. The molecule has 0 fully saturated rings. The standard InChI is InChI=1S/C16H19N3O/c1-13-4-6-14(7-5-13)8-9-16(20)19-10-2-3-15-17-11-12-18-15/h4-9,11-12H,2-3,10H2,1H3,(H,17,18)(H,19,20)/b9-8+. The number of hydrogen-bond donors (Lipinski definition) is 2. The summed E-state index contributed by atoms with van der Waals surface area (Å²) in [6.45, 7) is 2.69. The lowest BCUT2D eigenvalue weighted by Crippen LogP contribution is -2.22. The van der Waals surface area contributed by atoms with Crippen LogP contribution in [0.25, 0.3) is 6.08 Å². The fourth-order valence-corrected chi connectivity index (χ4v) is 1.81. The number of carbonyl (C=O) groups excluding carboxylic acids is 1. The monoisotopic (exact) mass is 269 g/mol. The van der Waals surface area contributed by atoms with Crippen molar-refractivity contribution in [1.29, 1.82) is 0 Å². The van der Waals surface area contributed by atoms with Gasteiger partial charge in [0, 0.05) is 31.4 Å². The Morgan fingerprint density at radius 3 is 2.85 bits per heavy atom. The third-order valence-electron chi connectivity index (χ3n) is 2.95. The molecule has 1 aromatic heterocycles. The summed E-state index contributed by atoms with van der Waals surface area (Å²) in [4.78, 5) is 18.8. The van der Waals surface area contributed by atoms with Crippen LogP contribution < -0.4 is 5.32 Å². The molecule has 0 saturated carbocycles. The van der Waals surface area contributed by atoms with Gasteiger partial charge in [-0.15, -0.1) is 0 Å². The van der Waals surface area contributed by atoms with Gasteiger partial charge in [-0.05, 0) is 25.0 Å². The van der Waals surface area contributed by atoms with Crippen LogP contribution in [0.4, 0.5) is 0 Å². The van der Waals surface area contributed by atoms with Gasteiger partial charge < -0.3 is 10.3 Å². The number of benzene rings is 1. The average molecular weight is 269 g/mol. The fourth-order valence-electron chi connectivity index (χ4n) is 1.81. The molecule has 2 rings (SSSR count). The summed E-state index contributed by atoms with van der Waals surface area (Å²) in [5, 5.41) is 2.86. The predicted molar refractivity (Wildman–Crippen MR) is 80.1 cm³/mol. The Kier molecular flexibility index (Phi) is 5.12. The van der Waals surface area contributed by atoms with E-state index in [4.69, 9.17) is 0 Å². The molecule has 2 N–H and O–H groups in total. The second kappa shape index (κ2) is 7.28. The minimum absolute atomic E-state index is 0.0648. The molecule has 0 spiro atoms. The number of aryl methyl sites for hydroxylation is 2. The van der Waals surface area contributed by atoms with Gasteiger partial charge in [-0.1, -0.05) is 29.8 Å². The van der Waals surface area contributed by atoms with E-state index in [2.05, 4.69) is 15.3 Å². The van der Waals surface area contributed by atoms with Crippen molar-refractivity contribution in [2.75, 3.05) is 6.54 Å². The topological polar surface area (TPSA) is 57.8 Å². The van der Waals surface area contributed by atoms with Gasteiger partial charge in [0.25, 0.3) is 0 Å². The van der Waals surface area contributed by atoms with Crippen LogP contribution in [-0.2, 0) is 11.2 Å². The van der Waals surface area contributed by atoms with E-state index >= 15 is 0 Å². The van der Waals surface area contributed by atoms with Crippen LogP contribution in [0.15, 0.2) is 42.7 Å². The zero-order valence-corrected chi connectivity index (χ0v) is 11.6. The van der Waals surface area contributed by atoms with E-state index in [0.717, 1.165) is 24.2 Å². The second-order valence-electron chi connectivity index (χ2n) is 4.67. The van der Waals surface area contributed by atoms with Crippen molar-refractivity contribution in [1.82, 2.24) is 15.3 Å². The summed E-state index contributed by atoms with van der Waals surface area (Å²) in [5.41, 5.74) is 2.24. The highest BCUT2D eigenvalue weighted by Crippen LogP contribution is 2.04. The van der Waals surface area contributed by atoms with Crippen LogP contribution in [0.3, 0.4) is 0 Å². The Bertz CT molecular complexity index is 556. The second-order valence-corrected chi connectivity index (χ2v) is 4.67. The van der Waals surface area contributed by atoms with Crippen molar-refractivity contribution < 1.29 is 4.79 Å². The first-order chi connectivity index (χ1) is 9.74. The first-order valence-electron chi connectivity index (χ1n) is 6.75. The zero-order valence-electron chi connectivity index (χ0n) is 11.6. The summed E-state index contributed by atoms with van der Waals surface area (Å²) in [6, 6.07) is 8.05. The Labute approximate surface area is 118 Å². The Morgan fingerprint density at radius 1 is 1.35 bits per heavy atom. The lowest BCUT2D eigenvalue weighted by Gasteiger charge is -2.01. The van der Waals surface area contributed by atoms with Gasteiger partial charge in [-0.25, -0.2) is 4.98 Å². The Hall–Kier alpha value is -2.36. The SMILES string of the molecule is Cc1ccc(/C=C/C(=O)NCCCc2ncc[nH]2)cc1. The molecule has 4 heteroatoms. The van der Waals surface area contributed by atoms with E-state index in [1.54, 1.807) is 18.5 Å². The number of rotatable bonds is 6. The van der Waals surface area contributed by atoms with E-state index in [9.17, 15) is 4.79 Å². The van der Waals surface area contributed by atoms with Crippen LogP contribution >= 0.6 is 0 Å². The Balaban J connectivity index is 1.68. The number of aromatic nitrogens is 2. The van der Waals surface area contributed by atoms with Crippen molar-refractivity contribution in [3.05, 3.63) is 59.7 Å². The van der Waals surface area contributed by atoms with Gasteiger partial charge in [-0.2, -0.15) is 0 Å². The third kappa shape index (κ3) is 4.72. The fraction of sp³-hybridized carbons (Fsp3) is 0.250. The van der Waals surface area contributed by atoms with Crippen molar-refractivity contribution in [3.63, 3.8) is 0 Å². The van der Waals surface area contributed by atoms with Crippen LogP contribution in [0.5, 0.6) is 0 Å². The van der Waals surface area contributed by atoms with Gasteiger partial charge in [0.15, 0.2) is 0 Å². The summed E-state index contributed by atoms with van der Waals surface area (Å²) in [7, 11) is 0. The molecule has 0 radical (unpaired) electrons. The van der Waals surface area contributed by atoms with Gasteiger partial charge in [0.1, 0.15) is 5.82 Å². The number of amides is 1. The summed E-state index contributed by atoms with van der Waals surface area (Å²) >= 11 is 0. The molecular weight excluding hydrogens is 250 g/mol. The van der Waals surface area contributed by atoms with Gasteiger partial charge >= 0.3 is 0 Å². The highest BCUT2D eigenvalue weighted by molar-refractivity contribution is 5.91. The smallest absolute Gasteiger partial charge is 0.243 e. The predicted octanol–water partition coefficient (Wildman–Crippen LogP) is 2.48. The van der Waals surface area contributed by atoms with E-state index < -0.39 is 0 Å². The van der Waals surface area contributed by atoms with Crippen molar-refractivity contribution in [2.24, 2.45) is 0 Å². The zero-order chi connectivity index (χ0) is 14.2. The van der Waals surface area contributed by atoms with Gasteiger partial charge in [-0.3, -0.25) is 4.79 Å². The van der Waals surface area contributed by atoms with Crippen molar-refractivity contribution in [3.8, 4) is 0 Å². The quantitative estimate of drug-likeness (QED) is 0.625. The van der Waals surface area contributed by atoms with Crippen LogP contribution in [0.2, 0.25) is 0 Å². The molecule has 1 heterocycles. The highest BCUT2D eigenvalue weighted by atomic mass is 16.1. The molecule has 0 atom stereocenters. The van der Waals surface area contributed by atoms with Gasteiger partial charge in [0.2, 0.25) is 5.91 Å². The molecule has 4 nitrogen and oxygen atoms in total. The number of nitrogens with zero attached hydrogens (tertiary/aromatic N) is 1. The maximum absolute atomic E-state index is 11.6. The van der Waals surface area contributed by atoms with Crippen molar-refractivity contribution >= 4 is 12.0 Å². The highest BCUT2D eigenvalue weighted by Gasteiger charge is 1.97. The van der Waals surface area contributed by atoms with Crippen LogP contribution in [0.1, 0.15) is 23.4 Å². The minimum atomic E-state index is -0.0648.